The SMILES string of the molecule is CC(C(CI)N1CC(=O)NC(=O)C1)N1CC(=O)NC(=O)C1I. The van der Waals surface area contributed by atoms with Crippen LogP contribution < -0.4 is 10.6 Å². The molecule has 22 heavy (non-hydrogen) atoms. The van der Waals surface area contributed by atoms with Gasteiger partial charge in [0.05, 0.1) is 19.6 Å². The van der Waals surface area contributed by atoms with Gasteiger partial charge in [-0.05, 0) is 6.92 Å². The Kier molecular flexibility index (Phi) is 6.13. The van der Waals surface area contributed by atoms with Crippen LogP contribution in [0.1, 0.15) is 6.92 Å². The highest BCUT2D eigenvalue weighted by Gasteiger charge is 2.40. The highest BCUT2D eigenvalue weighted by atomic mass is 127. The van der Waals surface area contributed by atoms with Crippen molar-refractivity contribution in [2.75, 3.05) is 24.1 Å². The van der Waals surface area contributed by atoms with E-state index in [2.05, 4.69) is 33.2 Å². The van der Waals surface area contributed by atoms with Gasteiger partial charge >= 0.3 is 0 Å². The third-order valence-corrected chi connectivity index (χ3v) is 5.96. The van der Waals surface area contributed by atoms with Crippen molar-refractivity contribution < 1.29 is 19.2 Å². The van der Waals surface area contributed by atoms with Crippen molar-refractivity contribution >= 4 is 68.8 Å². The summed E-state index contributed by atoms with van der Waals surface area (Å²) in [5.74, 6) is -1.30. The number of nitrogens with zero attached hydrogens (tertiary/aromatic N) is 2. The van der Waals surface area contributed by atoms with Crippen LogP contribution in [0, 0.1) is 0 Å². The van der Waals surface area contributed by atoms with Gasteiger partial charge in [-0.25, -0.2) is 0 Å². The first-order valence-electron chi connectivity index (χ1n) is 6.69. The second kappa shape index (κ2) is 7.49. The maximum atomic E-state index is 11.8. The molecule has 0 spiro atoms. The lowest BCUT2D eigenvalue weighted by atomic mass is 10.1. The molecular formula is C12H16I2N4O4. The molecule has 122 valence electrons. The standard InChI is InChI=1S/C12H16I2N4O4/c1-6(18-5-10(21)16-12(22)11(18)14)7(2-13)17-3-8(19)15-9(20)4-17/h6-7,11H,2-5H2,1H3,(H,15,19,20)(H,16,21,22). The molecule has 10 heteroatoms. The Morgan fingerprint density at radius 1 is 1.09 bits per heavy atom. The molecule has 2 rings (SSSR count). The molecule has 3 unspecified atom stereocenters. The Labute approximate surface area is 155 Å². The number of nitrogens with one attached hydrogen (secondary N) is 2. The normalized spacial score (nSPS) is 27.3. The smallest absolute Gasteiger partial charge is 0.254 e. The molecule has 2 saturated heterocycles. The number of hydrogen-bond acceptors (Lipinski definition) is 6. The maximum absolute atomic E-state index is 11.8. The summed E-state index contributed by atoms with van der Waals surface area (Å²) in [7, 11) is 0. The van der Waals surface area contributed by atoms with Crippen molar-refractivity contribution in [3.63, 3.8) is 0 Å². The quantitative estimate of drug-likeness (QED) is 0.205. The Balaban J connectivity index is 2.15. The minimum absolute atomic E-state index is 0.105. The predicted molar refractivity (Wildman–Crippen MR) is 94.5 cm³/mol. The summed E-state index contributed by atoms with van der Waals surface area (Å²) in [6.07, 6.45) is 0. The van der Waals surface area contributed by atoms with E-state index in [0.29, 0.717) is 4.43 Å². The van der Waals surface area contributed by atoms with Crippen LogP contribution in [0.3, 0.4) is 0 Å². The number of carbonyl (C=O) groups excluding carboxylic acids is 4. The van der Waals surface area contributed by atoms with Crippen LogP contribution in [-0.4, -0.2) is 73.6 Å². The van der Waals surface area contributed by atoms with Crippen molar-refractivity contribution in [3.8, 4) is 0 Å². The van der Waals surface area contributed by atoms with Crippen LogP contribution in [0.5, 0.6) is 0 Å². The number of piperazine rings is 2. The van der Waals surface area contributed by atoms with Crippen LogP contribution in [0.25, 0.3) is 0 Å². The molecule has 0 aromatic rings. The fraction of sp³-hybridized carbons (Fsp3) is 0.667. The highest BCUT2D eigenvalue weighted by Crippen LogP contribution is 2.22. The number of carbonyl (C=O) groups is 4. The van der Waals surface area contributed by atoms with Gasteiger partial charge in [-0.2, -0.15) is 0 Å². The van der Waals surface area contributed by atoms with Gasteiger partial charge in [-0.3, -0.25) is 39.6 Å². The van der Waals surface area contributed by atoms with Crippen molar-refractivity contribution in [3.05, 3.63) is 0 Å². The average Bonchev–Trinajstić information content (AvgIpc) is 2.42. The molecule has 2 fully saturated rings. The summed E-state index contributed by atoms with van der Waals surface area (Å²) in [5, 5.41) is 4.58. The Bertz CT molecular complexity index is 499. The topological polar surface area (TPSA) is 98.8 Å². The van der Waals surface area contributed by atoms with Gasteiger partial charge in [0, 0.05) is 16.5 Å². The van der Waals surface area contributed by atoms with E-state index in [0.717, 1.165) is 0 Å². The van der Waals surface area contributed by atoms with E-state index in [9.17, 15) is 19.2 Å². The van der Waals surface area contributed by atoms with Crippen LogP contribution in [0.4, 0.5) is 0 Å². The van der Waals surface area contributed by atoms with Crippen molar-refractivity contribution in [2.24, 2.45) is 0 Å². The molecule has 0 saturated carbocycles. The molecule has 2 N–H and O–H groups in total. The average molecular weight is 534 g/mol. The summed E-state index contributed by atoms with van der Waals surface area (Å²) in [6, 6.07) is -0.251. The van der Waals surface area contributed by atoms with Crippen LogP contribution in [-0.2, 0) is 19.2 Å². The second-order valence-corrected chi connectivity index (χ2v) is 7.32. The lowest BCUT2D eigenvalue weighted by molar-refractivity contribution is -0.142. The molecule has 8 nitrogen and oxygen atoms in total. The van der Waals surface area contributed by atoms with Gasteiger partial charge in [0.25, 0.3) is 5.91 Å². The summed E-state index contributed by atoms with van der Waals surface area (Å²) in [4.78, 5) is 50.1. The first-order valence-corrected chi connectivity index (χ1v) is 9.46. The molecule has 3 atom stereocenters. The first-order chi connectivity index (χ1) is 10.3. The number of imide groups is 2. The zero-order valence-electron chi connectivity index (χ0n) is 11.8. The van der Waals surface area contributed by atoms with Crippen LogP contribution in [0.2, 0.25) is 0 Å². The van der Waals surface area contributed by atoms with E-state index in [1.807, 2.05) is 34.4 Å². The molecule has 0 bridgehead atoms. The van der Waals surface area contributed by atoms with Crippen LogP contribution in [0.15, 0.2) is 0 Å². The van der Waals surface area contributed by atoms with Crippen LogP contribution >= 0.6 is 45.2 Å². The van der Waals surface area contributed by atoms with E-state index in [1.54, 1.807) is 4.90 Å². The van der Waals surface area contributed by atoms with E-state index in [4.69, 9.17) is 0 Å². The number of halogens is 2. The molecule has 0 aromatic heterocycles. The third kappa shape index (κ3) is 3.94. The van der Waals surface area contributed by atoms with Gasteiger partial charge in [0.1, 0.15) is 4.05 Å². The van der Waals surface area contributed by atoms with E-state index < -0.39 is 4.05 Å². The highest BCUT2D eigenvalue weighted by molar-refractivity contribution is 14.1. The fourth-order valence-corrected chi connectivity index (χ4v) is 4.78. The van der Waals surface area contributed by atoms with Crippen molar-refractivity contribution in [1.29, 1.82) is 0 Å². The molecule has 2 aliphatic heterocycles. The number of rotatable bonds is 4. The number of alkyl halides is 2. The summed E-state index contributed by atoms with van der Waals surface area (Å²) < 4.78 is 0.222. The van der Waals surface area contributed by atoms with Gasteiger partial charge in [0.15, 0.2) is 0 Å². The molecule has 4 amide bonds. The molecule has 2 heterocycles. The fourth-order valence-electron chi connectivity index (χ4n) is 2.63. The van der Waals surface area contributed by atoms with E-state index in [-0.39, 0.29) is 55.3 Å². The monoisotopic (exact) mass is 534 g/mol. The zero-order chi connectivity index (χ0) is 16.4. The Morgan fingerprint density at radius 2 is 1.64 bits per heavy atom. The Morgan fingerprint density at radius 3 is 2.18 bits per heavy atom. The third-order valence-electron chi connectivity index (χ3n) is 3.78. The predicted octanol–water partition coefficient (Wildman–Crippen LogP) is -1.14. The van der Waals surface area contributed by atoms with E-state index in [1.165, 1.54) is 0 Å². The molecular weight excluding hydrogens is 518 g/mol. The minimum atomic E-state index is -0.454. The maximum Gasteiger partial charge on any atom is 0.254 e. The van der Waals surface area contributed by atoms with Gasteiger partial charge in [-0.1, -0.05) is 45.2 Å². The number of hydrogen-bond donors (Lipinski definition) is 2. The van der Waals surface area contributed by atoms with Gasteiger partial charge in [0.2, 0.25) is 17.7 Å². The summed E-state index contributed by atoms with van der Waals surface area (Å²) in [6.45, 7) is 2.33. The zero-order valence-corrected chi connectivity index (χ0v) is 16.2. The lowest BCUT2D eigenvalue weighted by Crippen LogP contribution is -2.64. The summed E-state index contributed by atoms with van der Waals surface area (Å²) in [5.41, 5.74) is 0. The van der Waals surface area contributed by atoms with Crippen molar-refractivity contribution in [2.45, 2.75) is 23.1 Å². The van der Waals surface area contributed by atoms with E-state index >= 15 is 0 Å². The lowest BCUT2D eigenvalue weighted by Gasteiger charge is -2.43. The van der Waals surface area contributed by atoms with Gasteiger partial charge < -0.3 is 0 Å². The largest absolute Gasteiger partial charge is 0.294 e. The first kappa shape index (κ1) is 18.0. The van der Waals surface area contributed by atoms with Gasteiger partial charge in [-0.15, -0.1) is 0 Å². The Hall–Kier alpha value is -0.340. The molecule has 0 aromatic carbocycles. The summed E-state index contributed by atoms with van der Waals surface area (Å²) >= 11 is 4.19. The minimum Gasteiger partial charge on any atom is -0.294 e. The molecule has 0 radical (unpaired) electrons. The number of amides is 4. The molecule has 0 aliphatic carbocycles. The van der Waals surface area contributed by atoms with Crippen molar-refractivity contribution in [1.82, 2.24) is 20.4 Å². The second-order valence-electron chi connectivity index (χ2n) is 5.26. The molecule has 2 aliphatic rings.